The van der Waals surface area contributed by atoms with E-state index in [2.05, 4.69) is 25.5 Å². The molecule has 0 N–H and O–H groups in total. The largest absolute Gasteiger partial charge is 0.325 e. The SMILES string of the molecule is Fc1cc2nc(CCCl)n(C3CCCCCC3)c2cc1Br. The van der Waals surface area contributed by atoms with E-state index in [-0.39, 0.29) is 5.82 Å². The molecule has 0 radical (unpaired) electrons. The van der Waals surface area contributed by atoms with Crippen LogP contribution in [0.5, 0.6) is 0 Å². The molecule has 0 spiro atoms. The molecule has 1 fully saturated rings. The Kier molecular flexibility index (Phi) is 4.85. The van der Waals surface area contributed by atoms with Gasteiger partial charge in [-0.15, -0.1) is 11.6 Å². The summed E-state index contributed by atoms with van der Waals surface area (Å²) in [5.74, 6) is 1.27. The molecule has 0 aliphatic heterocycles. The smallest absolute Gasteiger partial charge is 0.139 e. The number of rotatable bonds is 3. The van der Waals surface area contributed by atoms with Gasteiger partial charge in [0.25, 0.3) is 0 Å². The number of hydrogen-bond donors (Lipinski definition) is 0. The number of imidazole rings is 1. The molecule has 0 atom stereocenters. The number of nitrogens with zero attached hydrogens (tertiary/aromatic N) is 2. The van der Waals surface area contributed by atoms with Crippen molar-refractivity contribution in [3.05, 3.63) is 28.2 Å². The lowest BCUT2D eigenvalue weighted by Crippen LogP contribution is -2.12. The van der Waals surface area contributed by atoms with Gasteiger partial charge in [-0.1, -0.05) is 25.7 Å². The molecule has 2 aromatic rings. The summed E-state index contributed by atoms with van der Waals surface area (Å²) in [6, 6.07) is 3.85. The second kappa shape index (κ2) is 6.66. The van der Waals surface area contributed by atoms with Crippen molar-refractivity contribution in [2.24, 2.45) is 0 Å². The quantitative estimate of drug-likeness (QED) is 0.505. The second-order valence-corrected chi connectivity index (χ2v) is 6.97. The normalized spacial score (nSPS) is 17.3. The summed E-state index contributed by atoms with van der Waals surface area (Å²) < 4.78 is 16.6. The van der Waals surface area contributed by atoms with Gasteiger partial charge in [0.2, 0.25) is 0 Å². The van der Waals surface area contributed by atoms with Gasteiger partial charge in [-0.05, 0) is 34.8 Å². The molecule has 0 bridgehead atoms. The van der Waals surface area contributed by atoms with Gasteiger partial charge in [0.05, 0.1) is 15.5 Å². The van der Waals surface area contributed by atoms with Crippen LogP contribution in [0.15, 0.2) is 16.6 Å². The van der Waals surface area contributed by atoms with E-state index in [9.17, 15) is 4.39 Å². The standard InChI is InChI=1S/C16H19BrClFN2/c17-12-9-15-14(10-13(12)19)20-16(7-8-18)21(15)11-5-3-1-2-4-6-11/h9-11H,1-8H2. The zero-order valence-electron chi connectivity index (χ0n) is 11.9. The first-order valence-corrected chi connectivity index (χ1v) is 8.95. The van der Waals surface area contributed by atoms with E-state index in [1.807, 2.05) is 6.07 Å². The Hall–Kier alpha value is -0.610. The molecule has 1 aromatic heterocycles. The number of alkyl halides is 1. The Morgan fingerprint density at radius 2 is 1.95 bits per heavy atom. The van der Waals surface area contributed by atoms with Crippen LogP contribution in [0.1, 0.15) is 50.4 Å². The molecule has 1 saturated carbocycles. The van der Waals surface area contributed by atoms with Crippen molar-refractivity contribution in [2.75, 3.05) is 5.88 Å². The third-order valence-corrected chi connectivity index (χ3v) is 5.11. The zero-order valence-corrected chi connectivity index (χ0v) is 14.3. The molecule has 0 saturated heterocycles. The van der Waals surface area contributed by atoms with E-state index < -0.39 is 0 Å². The van der Waals surface area contributed by atoms with Crippen LogP contribution in [0.25, 0.3) is 11.0 Å². The molecule has 2 nitrogen and oxygen atoms in total. The lowest BCUT2D eigenvalue weighted by Gasteiger charge is -2.20. The Morgan fingerprint density at radius 3 is 2.62 bits per heavy atom. The lowest BCUT2D eigenvalue weighted by atomic mass is 10.1. The van der Waals surface area contributed by atoms with Gasteiger partial charge < -0.3 is 4.57 Å². The first kappa shape index (κ1) is 15.3. The topological polar surface area (TPSA) is 17.8 Å². The molecule has 0 unspecified atom stereocenters. The van der Waals surface area contributed by atoms with Crippen LogP contribution >= 0.6 is 27.5 Å². The van der Waals surface area contributed by atoms with Crippen LogP contribution in [0.4, 0.5) is 4.39 Å². The van der Waals surface area contributed by atoms with Crippen LogP contribution in [-0.2, 0) is 6.42 Å². The third-order valence-electron chi connectivity index (χ3n) is 4.31. The van der Waals surface area contributed by atoms with Crippen LogP contribution in [0.3, 0.4) is 0 Å². The molecule has 0 amide bonds. The summed E-state index contributed by atoms with van der Waals surface area (Å²) in [5.41, 5.74) is 1.76. The first-order chi connectivity index (χ1) is 10.2. The fourth-order valence-electron chi connectivity index (χ4n) is 3.32. The van der Waals surface area contributed by atoms with Gasteiger partial charge in [0.1, 0.15) is 11.6 Å². The van der Waals surface area contributed by atoms with E-state index in [1.165, 1.54) is 44.6 Å². The van der Waals surface area contributed by atoms with Gasteiger partial charge in [-0.3, -0.25) is 0 Å². The Labute approximate surface area is 137 Å². The van der Waals surface area contributed by atoms with Crippen LogP contribution in [-0.4, -0.2) is 15.4 Å². The van der Waals surface area contributed by atoms with E-state index in [4.69, 9.17) is 11.6 Å². The monoisotopic (exact) mass is 372 g/mol. The molecule has 1 heterocycles. The summed E-state index contributed by atoms with van der Waals surface area (Å²) in [6.07, 6.45) is 8.22. The summed E-state index contributed by atoms with van der Waals surface area (Å²) in [5, 5.41) is 0. The van der Waals surface area contributed by atoms with Gasteiger partial charge in [-0.2, -0.15) is 0 Å². The number of aromatic nitrogens is 2. The Morgan fingerprint density at radius 1 is 1.24 bits per heavy atom. The Bertz CT molecular complexity index is 633. The number of halogens is 3. The van der Waals surface area contributed by atoms with Gasteiger partial charge in [0.15, 0.2) is 0 Å². The predicted octanol–water partition coefficient (Wildman–Crippen LogP) is 5.61. The summed E-state index contributed by atoms with van der Waals surface area (Å²) >= 11 is 9.23. The van der Waals surface area contributed by atoms with E-state index in [0.717, 1.165) is 23.3 Å². The fraction of sp³-hybridized carbons (Fsp3) is 0.562. The van der Waals surface area contributed by atoms with E-state index >= 15 is 0 Å². The maximum absolute atomic E-state index is 13.8. The highest BCUT2D eigenvalue weighted by molar-refractivity contribution is 9.10. The highest BCUT2D eigenvalue weighted by atomic mass is 79.9. The zero-order chi connectivity index (χ0) is 14.8. The van der Waals surface area contributed by atoms with Gasteiger partial charge in [0, 0.05) is 24.4 Å². The maximum Gasteiger partial charge on any atom is 0.139 e. The van der Waals surface area contributed by atoms with Crippen molar-refractivity contribution < 1.29 is 4.39 Å². The molecule has 1 aliphatic rings. The van der Waals surface area contributed by atoms with Crippen LogP contribution in [0, 0.1) is 5.82 Å². The number of benzene rings is 1. The maximum atomic E-state index is 13.8. The number of fused-ring (bicyclic) bond motifs is 1. The minimum Gasteiger partial charge on any atom is -0.325 e. The highest BCUT2D eigenvalue weighted by Crippen LogP contribution is 2.33. The minimum atomic E-state index is -0.259. The minimum absolute atomic E-state index is 0.259. The Balaban J connectivity index is 2.12. The molecular weight excluding hydrogens is 355 g/mol. The second-order valence-electron chi connectivity index (χ2n) is 5.74. The molecule has 5 heteroatoms. The van der Waals surface area contributed by atoms with Crippen molar-refractivity contribution in [3.8, 4) is 0 Å². The van der Waals surface area contributed by atoms with Crippen molar-refractivity contribution >= 4 is 38.6 Å². The van der Waals surface area contributed by atoms with Crippen LogP contribution < -0.4 is 0 Å². The molecule has 3 rings (SSSR count). The lowest BCUT2D eigenvalue weighted by molar-refractivity contribution is 0.441. The molecule has 114 valence electrons. The van der Waals surface area contributed by atoms with Gasteiger partial charge in [-0.25, -0.2) is 9.37 Å². The average Bonchev–Trinajstić information content (AvgIpc) is 2.66. The number of aryl methyl sites for hydroxylation is 1. The first-order valence-electron chi connectivity index (χ1n) is 7.62. The van der Waals surface area contributed by atoms with E-state index in [0.29, 0.717) is 16.4 Å². The summed E-state index contributed by atoms with van der Waals surface area (Å²) in [6.45, 7) is 0. The average molecular weight is 374 g/mol. The van der Waals surface area contributed by atoms with Crippen LogP contribution in [0.2, 0.25) is 0 Å². The molecule has 1 aromatic carbocycles. The summed E-state index contributed by atoms with van der Waals surface area (Å²) in [4.78, 5) is 4.63. The summed E-state index contributed by atoms with van der Waals surface area (Å²) in [7, 11) is 0. The highest BCUT2D eigenvalue weighted by Gasteiger charge is 2.21. The van der Waals surface area contributed by atoms with Crippen molar-refractivity contribution in [1.29, 1.82) is 0 Å². The fourth-order valence-corrected chi connectivity index (χ4v) is 3.82. The van der Waals surface area contributed by atoms with Crippen molar-refractivity contribution in [1.82, 2.24) is 9.55 Å². The predicted molar refractivity (Wildman–Crippen MR) is 88.6 cm³/mol. The molecule has 1 aliphatic carbocycles. The van der Waals surface area contributed by atoms with E-state index in [1.54, 1.807) is 0 Å². The van der Waals surface area contributed by atoms with Crippen molar-refractivity contribution in [3.63, 3.8) is 0 Å². The van der Waals surface area contributed by atoms with Gasteiger partial charge >= 0.3 is 0 Å². The molecular formula is C16H19BrClFN2. The third kappa shape index (κ3) is 3.11. The van der Waals surface area contributed by atoms with Crippen molar-refractivity contribution in [2.45, 2.75) is 51.0 Å². The number of hydrogen-bond acceptors (Lipinski definition) is 1. The molecule has 21 heavy (non-hydrogen) atoms.